The van der Waals surface area contributed by atoms with Gasteiger partial charge in [0.05, 0.1) is 12.7 Å². The van der Waals surface area contributed by atoms with Crippen molar-refractivity contribution in [2.75, 3.05) is 0 Å². The lowest BCUT2D eigenvalue weighted by molar-refractivity contribution is -0.145. The predicted octanol–water partition coefficient (Wildman–Crippen LogP) is 4.28. The van der Waals surface area contributed by atoms with Gasteiger partial charge in [0.2, 0.25) is 5.78 Å². The molecule has 4 heteroatoms. The third-order valence-electron chi connectivity index (χ3n) is 4.94. The van der Waals surface area contributed by atoms with E-state index in [9.17, 15) is 9.59 Å². The first-order chi connectivity index (χ1) is 12.6. The number of carbonyl (C=O) groups excluding carboxylic acids is 2. The summed E-state index contributed by atoms with van der Waals surface area (Å²) in [5, 5.41) is 0.963. The molecule has 1 atom stereocenters. The standard InChI is InChI=1S/C22H20O4/c1-14(22(24)15-6-3-2-4-7-15)26-21(23)12-18-13-25-20-11-17-9-5-8-16(17)10-19(18)20/h2-4,6-7,10-11,13-14H,5,8-9,12H2,1H3/t14-/m1/s1. The second kappa shape index (κ2) is 6.79. The zero-order chi connectivity index (χ0) is 18.1. The molecule has 2 aromatic carbocycles. The number of ether oxygens (including phenoxy) is 1. The van der Waals surface area contributed by atoms with Gasteiger partial charge in [-0.2, -0.15) is 0 Å². The summed E-state index contributed by atoms with van der Waals surface area (Å²) < 4.78 is 11.0. The fourth-order valence-corrected chi connectivity index (χ4v) is 3.57. The van der Waals surface area contributed by atoms with Gasteiger partial charge in [0.1, 0.15) is 5.58 Å². The number of rotatable bonds is 5. The molecule has 1 aromatic heterocycles. The molecule has 0 saturated carbocycles. The molecule has 132 valence electrons. The van der Waals surface area contributed by atoms with Gasteiger partial charge < -0.3 is 9.15 Å². The lowest BCUT2D eigenvalue weighted by atomic mass is 10.0. The Morgan fingerprint density at radius 1 is 1.12 bits per heavy atom. The molecule has 0 bridgehead atoms. The molecule has 1 heterocycles. The molecule has 3 aromatic rings. The van der Waals surface area contributed by atoms with Crippen molar-refractivity contribution < 1.29 is 18.7 Å². The number of hydrogen-bond donors (Lipinski definition) is 0. The van der Waals surface area contributed by atoms with Crippen molar-refractivity contribution in [1.29, 1.82) is 0 Å². The fourth-order valence-electron chi connectivity index (χ4n) is 3.57. The molecule has 1 aliphatic rings. The Balaban J connectivity index is 1.47. The molecule has 0 spiro atoms. The minimum Gasteiger partial charge on any atom is -0.464 e. The van der Waals surface area contributed by atoms with Gasteiger partial charge in [0.15, 0.2) is 6.10 Å². The Morgan fingerprint density at radius 2 is 1.85 bits per heavy atom. The van der Waals surface area contributed by atoms with Crippen molar-refractivity contribution in [2.45, 2.75) is 38.7 Å². The maximum Gasteiger partial charge on any atom is 0.311 e. The first-order valence-corrected chi connectivity index (χ1v) is 8.92. The fraction of sp³-hybridized carbons (Fsp3) is 0.273. The van der Waals surface area contributed by atoms with E-state index in [1.165, 1.54) is 17.5 Å². The third-order valence-corrected chi connectivity index (χ3v) is 4.94. The molecule has 0 radical (unpaired) electrons. The number of fused-ring (bicyclic) bond motifs is 2. The van der Waals surface area contributed by atoms with Crippen molar-refractivity contribution in [3.05, 3.63) is 71.0 Å². The van der Waals surface area contributed by atoms with Crippen LogP contribution in [0, 0.1) is 0 Å². The summed E-state index contributed by atoms with van der Waals surface area (Å²) in [6.45, 7) is 1.60. The second-order valence-corrected chi connectivity index (χ2v) is 6.77. The van der Waals surface area contributed by atoms with Crippen molar-refractivity contribution in [2.24, 2.45) is 0 Å². The molecule has 1 aliphatic carbocycles. The van der Waals surface area contributed by atoms with Gasteiger partial charge in [-0.25, -0.2) is 0 Å². The summed E-state index contributed by atoms with van der Waals surface area (Å²) in [6.07, 6.45) is 4.22. The number of Topliss-reactive ketones (excluding diaryl/α,β-unsaturated/α-hetero) is 1. The second-order valence-electron chi connectivity index (χ2n) is 6.77. The molecule has 0 aliphatic heterocycles. The quantitative estimate of drug-likeness (QED) is 0.510. The highest BCUT2D eigenvalue weighted by molar-refractivity contribution is 6.00. The SMILES string of the molecule is C[C@@H](OC(=O)Cc1coc2cc3c(cc12)CCC3)C(=O)c1ccccc1. The van der Waals surface area contributed by atoms with E-state index in [2.05, 4.69) is 12.1 Å². The molecule has 0 amide bonds. The average molecular weight is 348 g/mol. The highest BCUT2D eigenvalue weighted by atomic mass is 16.5. The topological polar surface area (TPSA) is 56.5 Å². The molecule has 0 unspecified atom stereocenters. The normalized spacial score (nSPS) is 14.2. The lowest BCUT2D eigenvalue weighted by Gasteiger charge is -2.12. The number of hydrogen-bond acceptors (Lipinski definition) is 4. The van der Waals surface area contributed by atoms with Crippen LogP contribution >= 0.6 is 0 Å². The van der Waals surface area contributed by atoms with Crippen LogP contribution in [0.3, 0.4) is 0 Å². The molecule has 4 nitrogen and oxygen atoms in total. The molecule has 26 heavy (non-hydrogen) atoms. The van der Waals surface area contributed by atoms with Gasteiger partial charge in [-0.3, -0.25) is 9.59 Å². The van der Waals surface area contributed by atoms with Gasteiger partial charge in [0, 0.05) is 16.5 Å². The Labute approximate surface area is 151 Å². The maximum atomic E-state index is 12.3. The van der Waals surface area contributed by atoms with Crippen LogP contribution < -0.4 is 0 Å². The van der Waals surface area contributed by atoms with Crippen LogP contribution in [0.25, 0.3) is 11.0 Å². The van der Waals surface area contributed by atoms with E-state index in [1.807, 2.05) is 6.07 Å². The van der Waals surface area contributed by atoms with Gasteiger partial charge in [-0.05, 0) is 49.4 Å². The molecule has 4 rings (SSSR count). The predicted molar refractivity (Wildman–Crippen MR) is 98.3 cm³/mol. The summed E-state index contributed by atoms with van der Waals surface area (Å²) in [7, 11) is 0. The smallest absolute Gasteiger partial charge is 0.311 e. The zero-order valence-electron chi connectivity index (χ0n) is 14.7. The van der Waals surface area contributed by atoms with E-state index in [0.717, 1.165) is 29.4 Å². The third kappa shape index (κ3) is 3.15. The van der Waals surface area contributed by atoms with Crippen LogP contribution in [0.15, 0.2) is 53.1 Å². The first kappa shape index (κ1) is 16.6. The largest absolute Gasteiger partial charge is 0.464 e. The first-order valence-electron chi connectivity index (χ1n) is 8.92. The van der Waals surface area contributed by atoms with Gasteiger partial charge in [0.25, 0.3) is 0 Å². The summed E-state index contributed by atoms with van der Waals surface area (Å²) in [6, 6.07) is 13.1. The monoisotopic (exact) mass is 348 g/mol. The van der Waals surface area contributed by atoms with Crippen LogP contribution in [-0.2, 0) is 28.8 Å². The van der Waals surface area contributed by atoms with E-state index in [0.29, 0.717) is 5.56 Å². The zero-order valence-corrected chi connectivity index (χ0v) is 14.7. The van der Waals surface area contributed by atoms with E-state index >= 15 is 0 Å². The molecule has 0 N–H and O–H groups in total. The number of esters is 1. The minimum atomic E-state index is -0.813. The molecular weight excluding hydrogens is 328 g/mol. The molecular formula is C22H20O4. The Kier molecular flexibility index (Phi) is 4.33. The Morgan fingerprint density at radius 3 is 2.62 bits per heavy atom. The van der Waals surface area contributed by atoms with Crippen LogP contribution in [0.1, 0.15) is 40.4 Å². The van der Waals surface area contributed by atoms with Crippen LogP contribution in [0.2, 0.25) is 0 Å². The number of aryl methyl sites for hydroxylation is 2. The number of ketones is 1. The average Bonchev–Trinajstić information content (AvgIpc) is 3.26. The molecule has 0 saturated heterocycles. The van der Waals surface area contributed by atoms with Gasteiger partial charge in [-0.1, -0.05) is 30.3 Å². The van der Waals surface area contributed by atoms with Crippen molar-refractivity contribution in [3.63, 3.8) is 0 Å². The minimum absolute atomic E-state index is 0.0954. The van der Waals surface area contributed by atoms with Crippen LogP contribution in [0.4, 0.5) is 0 Å². The van der Waals surface area contributed by atoms with Crippen molar-refractivity contribution in [3.8, 4) is 0 Å². The Bertz CT molecular complexity index is 968. The highest BCUT2D eigenvalue weighted by Gasteiger charge is 2.21. The van der Waals surface area contributed by atoms with E-state index in [-0.39, 0.29) is 12.2 Å². The summed E-state index contributed by atoms with van der Waals surface area (Å²) in [5.74, 6) is -0.626. The van der Waals surface area contributed by atoms with Crippen LogP contribution in [0.5, 0.6) is 0 Å². The van der Waals surface area contributed by atoms with Gasteiger partial charge in [-0.15, -0.1) is 0 Å². The maximum absolute atomic E-state index is 12.3. The summed E-state index contributed by atoms with van der Waals surface area (Å²) >= 11 is 0. The number of furan rings is 1. The van der Waals surface area contributed by atoms with Crippen LogP contribution in [-0.4, -0.2) is 17.9 Å². The van der Waals surface area contributed by atoms with Crippen molar-refractivity contribution in [1.82, 2.24) is 0 Å². The summed E-state index contributed by atoms with van der Waals surface area (Å²) in [4.78, 5) is 24.6. The summed E-state index contributed by atoms with van der Waals surface area (Å²) in [5.41, 5.74) is 4.82. The number of carbonyl (C=O) groups is 2. The van der Waals surface area contributed by atoms with E-state index in [4.69, 9.17) is 9.15 Å². The van der Waals surface area contributed by atoms with E-state index in [1.54, 1.807) is 37.5 Å². The van der Waals surface area contributed by atoms with Crippen molar-refractivity contribution >= 4 is 22.7 Å². The van der Waals surface area contributed by atoms with Gasteiger partial charge >= 0.3 is 5.97 Å². The Hall–Kier alpha value is -2.88. The molecule has 0 fully saturated rings. The van der Waals surface area contributed by atoms with E-state index < -0.39 is 12.1 Å². The number of benzene rings is 2. The highest BCUT2D eigenvalue weighted by Crippen LogP contribution is 2.30. The lowest BCUT2D eigenvalue weighted by Crippen LogP contribution is -2.25.